The molecule has 0 radical (unpaired) electrons. The lowest BCUT2D eigenvalue weighted by atomic mass is 9.98. The lowest BCUT2D eigenvalue weighted by molar-refractivity contribution is 0.0982. The van der Waals surface area contributed by atoms with Crippen molar-refractivity contribution in [3.63, 3.8) is 0 Å². The van der Waals surface area contributed by atoms with Crippen LogP contribution in [0, 0.1) is 5.82 Å². The normalized spacial score (nSPS) is 17.1. The molecule has 5 heteroatoms. The lowest BCUT2D eigenvalue weighted by Gasteiger charge is -2.41. The molecule has 1 aromatic carbocycles. The first-order valence-electron chi connectivity index (χ1n) is 8.46. The number of piperidine rings is 1. The molecule has 0 aromatic heterocycles. The zero-order valence-corrected chi connectivity index (χ0v) is 14.5. The summed E-state index contributed by atoms with van der Waals surface area (Å²) in [5.74, 6) is 0.516. The van der Waals surface area contributed by atoms with Crippen LogP contribution in [-0.4, -0.2) is 43.1 Å². The highest BCUT2D eigenvalue weighted by Gasteiger charge is 2.27. The second kappa shape index (κ2) is 8.29. The molecule has 4 nitrogen and oxygen atoms in total. The predicted molar refractivity (Wildman–Crippen MR) is 94.1 cm³/mol. The van der Waals surface area contributed by atoms with Crippen molar-refractivity contribution in [3.8, 4) is 0 Å². The SMILES string of the molecule is CN=C(NCc1ccccc1F)NCC(C)(C)N1CCCCC1. The molecule has 128 valence electrons. The van der Waals surface area contributed by atoms with Crippen LogP contribution in [0.4, 0.5) is 4.39 Å². The minimum absolute atomic E-state index is 0.0794. The summed E-state index contributed by atoms with van der Waals surface area (Å²) in [5, 5.41) is 6.55. The van der Waals surface area contributed by atoms with Gasteiger partial charge in [0.2, 0.25) is 0 Å². The van der Waals surface area contributed by atoms with Gasteiger partial charge in [-0.15, -0.1) is 0 Å². The molecule has 2 rings (SSSR count). The van der Waals surface area contributed by atoms with Crippen LogP contribution >= 0.6 is 0 Å². The largest absolute Gasteiger partial charge is 0.355 e. The minimum Gasteiger partial charge on any atom is -0.355 e. The summed E-state index contributed by atoms with van der Waals surface area (Å²) in [5.41, 5.74) is 0.724. The maximum atomic E-state index is 13.7. The first kappa shape index (κ1) is 17.7. The molecule has 1 aliphatic heterocycles. The molecule has 1 fully saturated rings. The number of hydrogen-bond donors (Lipinski definition) is 2. The average Bonchev–Trinajstić information content (AvgIpc) is 2.57. The van der Waals surface area contributed by atoms with E-state index in [-0.39, 0.29) is 11.4 Å². The Kier molecular flexibility index (Phi) is 6.39. The van der Waals surface area contributed by atoms with Crippen molar-refractivity contribution in [3.05, 3.63) is 35.6 Å². The second-order valence-corrected chi connectivity index (χ2v) is 6.73. The third kappa shape index (κ3) is 5.20. The van der Waals surface area contributed by atoms with Crippen LogP contribution in [0.3, 0.4) is 0 Å². The fourth-order valence-corrected chi connectivity index (χ4v) is 2.95. The Labute approximate surface area is 139 Å². The second-order valence-electron chi connectivity index (χ2n) is 6.73. The van der Waals surface area contributed by atoms with Crippen molar-refractivity contribution in [1.82, 2.24) is 15.5 Å². The summed E-state index contributed by atoms with van der Waals surface area (Å²) >= 11 is 0. The number of nitrogens with one attached hydrogen (secondary N) is 2. The average molecular weight is 320 g/mol. The van der Waals surface area contributed by atoms with Gasteiger partial charge in [-0.05, 0) is 45.8 Å². The fourth-order valence-electron chi connectivity index (χ4n) is 2.95. The van der Waals surface area contributed by atoms with Gasteiger partial charge in [0, 0.05) is 31.2 Å². The van der Waals surface area contributed by atoms with E-state index in [9.17, 15) is 4.39 Å². The quantitative estimate of drug-likeness (QED) is 0.647. The maximum absolute atomic E-state index is 13.7. The number of rotatable bonds is 5. The lowest BCUT2D eigenvalue weighted by Crippen LogP contribution is -2.54. The highest BCUT2D eigenvalue weighted by atomic mass is 19.1. The molecule has 0 bridgehead atoms. The van der Waals surface area contributed by atoms with Crippen molar-refractivity contribution in [1.29, 1.82) is 0 Å². The minimum atomic E-state index is -0.191. The number of aliphatic imine (C=N–C) groups is 1. The third-order valence-corrected chi connectivity index (χ3v) is 4.53. The van der Waals surface area contributed by atoms with Crippen molar-refractivity contribution in [2.75, 3.05) is 26.7 Å². The van der Waals surface area contributed by atoms with E-state index in [1.54, 1.807) is 19.2 Å². The van der Waals surface area contributed by atoms with Crippen molar-refractivity contribution in [2.45, 2.75) is 45.2 Å². The predicted octanol–water partition coefficient (Wildman–Crippen LogP) is 2.76. The molecular weight excluding hydrogens is 291 g/mol. The van der Waals surface area contributed by atoms with Gasteiger partial charge in [-0.1, -0.05) is 24.6 Å². The van der Waals surface area contributed by atoms with Crippen molar-refractivity contribution < 1.29 is 4.39 Å². The van der Waals surface area contributed by atoms with Crippen LogP contribution in [-0.2, 0) is 6.54 Å². The van der Waals surface area contributed by atoms with Gasteiger partial charge in [0.05, 0.1) is 0 Å². The van der Waals surface area contributed by atoms with Gasteiger partial charge in [-0.3, -0.25) is 9.89 Å². The Balaban J connectivity index is 1.83. The van der Waals surface area contributed by atoms with Gasteiger partial charge in [-0.25, -0.2) is 4.39 Å². The summed E-state index contributed by atoms with van der Waals surface area (Å²) in [6.45, 7) is 8.08. The molecule has 1 saturated heterocycles. The summed E-state index contributed by atoms with van der Waals surface area (Å²) < 4.78 is 13.7. The summed E-state index contributed by atoms with van der Waals surface area (Å²) in [6.07, 6.45) is 3.90. The van der Waals surface area contributed by atoms with Gasteiger partial charge < -0.3 is 10.6 Å². The first-order chi connectivity index (χ1) is 11.0. The van der Waals surface area contributed by atoms with Crippen LogP contribution in [0.1, 0.15) is 38.7 Å². The van der Waals surface area contributed by atoms with E-state index in [0.717, 1.165) is 19.6 Å². The van der Waals surface area contributed by atoms with Crippen molar-refractivity contribution >= 4 is 5.96 Å². The molecule has 0 spiro atoms. The molecular formula is C18H29FN4. The Hall–Kier alpha value is -1.62. The Morgan fingerprint density at radius 3 is 2.52 bits per heavy atom. The molecule has 23 heavy (non-hydrogen) atoms. The van der Waals surface area contributed by atoms with Gasteiger partial charge in [0.15, 0.2) is 5.96 Å². The number of benzene rings is 1. The number of hydrogen-bond acceptors (Lipinski definition) is 2. The van der Waals surface area contributed by atoms with E-state index in [1.165, 1.54) is 25.3 Å². The fraction of sp³-hybridized carbons (Fsp3) is 0.611. The molecule has 1 aliphatic rings. The number of nitrogens with zero attached hydrogens (tertiary/aromatic N) is 2. The maximum Gasteiger partial charge on any atom is 0.191 e. The van der Waals surface area contributed by atoms with Crippen LogP contribution in [0.2, 0.25) is 0 Å². The highest BCUT2D eigenvalue weighted by Crippen LogP contribution is 2.19. The van der Waals surface area contributed by atoms with E-state index < -0.39 is 0 Å². The van der Waals surface area contributed by atoms with E-state index in [0.29, 0.717) is 18.1 Å². The van der Waals surface area contributed by atoms with E-state index in [4.69, 9.17) is 0 Å². The standard InChI is InChI=1S/C18H29FN4/c1-18(2,23-11-7-4-8-12-23)14-22-17(20-3)21-13-15-9-5-6-10-16(15)19/h5-6,9-10H,4,7-8,11-14H2,1-3H3,(H2,20,21,22). The number of guanidine groups is 1. The van der Waals surface area contributed by atoms with Gasteiger partial charge >= 0.3 is 0 Å². The molecule has 2 N–H and O–H groups in total. The van der Waals surface area contributed by atoms with E-state index in [2.05, 4.69) is 34.4 Å². The highest BCUT2D eigenvalue weighted by molar-refractivity contribution is 5.79. The van der Waals surface area contributed by atoms with Crippen LogP contribution in [0.5, 0.6) is 0 Å². The van der Waals surface area contributed by atoms with Gasteiger partial charge in [-0.2, -0.15) is 0 Å². The molecule has 0 aliphatic carbocycles. The van der Waals surface area contributed by atoms with Crippen LogP contribution in [0.25, 0.3) is 0 Å². The molecule has 0 atom stereocenters. The zero-order chi connectivity index (χ0) is 16.7. The molecule has 0 amide bonds. The smallest absolute Gasteiger partial charge is 0.191 e. The summed E-state index contributed by atoms with van der Waals surface area (Å²) in [4.78, 5) is 6.77. The molecule has 0 unspecified atom stereocenters. The van der Waals surface area contributed by atoms with Crippen LogP contribution < -0.4 is 10.6 Å². The van der Waals surface area contributed by atoms with E-state index >= 15 is 0 Å². The Bertz CT molecular complexity index is 522. The molecule has 0 saturated carbocycles. The van der Waals surface area contributed by atoms with Crippen LogP contribution in [0.15, 0.2) is 29.3 Å². The molecule has 1 heterocycles. The first-order valence-corrected chi connectivity index (χ1v) is 8.46. The van der Waals surface area contributed by atoms with E-state index in [1.807, 2.05) is 6.07 Å². The monoisotopic (exact) mass is 320 g/mol. The number of likely N-dealkylation sites (tertiary alicyclic amines) is 1. The topological polar surface area (TPSA) is 39.7 Å². The third-order valence-electron chi connectivity index (χ3n) is 4.53. The Morgan fingerprint density at radius 2 is 1.87 bits per heavy atom. The summed E-state index contributed by atoms with van der Waals surface area (Å²) in [7, 11) is 1.74. The molecule has 1 aromatic rings. The number of halogens is 1. The van der Waals surface area contributed by atoms with Crippen molar-refractivity contribution in [2.24, 2.45) is 4.99 Å². The zero-order valence-electron chi connectivity index (χ0n) is 14.5. The van der Waals surface area contributed by atoms with Gasteiger partial charge in [0.1, 0.15) is 5.82 Å². The Morgan fingerprint density at radius 1 is 1.17 bits per heavy atom. The summed E-state index contributed by atoms with van der Waals surface area (Å²) in [6, 6.07) is 6.81. The van der Waals surface area contributed by atoms with Gasteiger partial charge in [0.25, 0.3) is 0 Å².